The average Bonchev–Trinajstić information content (AvgIpc) is 2.26. The van der Waals surface area contributed by atoms with E-state index in [0.29, 0.717) is 21.2 Å². The number of benzene rings is 1. The van der Waals surface area contributed by atoms with Crippen molar-refractivity contribution in [2.24, 2.45) is 11.3 Å². The van der Waals surface area contributed by atoms with E-state index in [-0.39, 0.29) is 0 Å². The average molecular weight is 348 g/mol. The number of rotatable bonds is 5. The third-order valence-corrected chi connectivity index (χ3v) is 4.31. The van der Waals surface area contributed by atoms with Gasteiger partial charge in [-0.25, -0.2) is 0 Å². The summed E-state index contributed by atoms with van der Waals surface area (Å²) in [4.78, 5) is 0.341. The molecular weight excluding hydrogens is 324 g/mol. The molecule has 0 fully saturated rings. The zero-order valence-electron chi connectivity index (χ0n) is 12.5. The molecule has 0 N–H and O–H groups in total. The maximum absolute atomic E-state index is 6.17. The molecule has 1 rings (SSSR count). The lowest BCUT2D eigenvalue weighted by atomic mass is 9.83. The molecule has 0 aliphatic rings. The van der Waals surface area contributed by atoms with Crippen LogP contribution in [-0.2, 0) is 0 Å². The molecule has 19 heavy (non-hydrogen) atoms. The van der Waals surface area contributed by atoms with Gasteiger partial charge in [-0.1, -0.05) is 61.3 Å². The second kappa shape index (κ2) is 6.99. The number of methoxy groups -OCH3 is 1. The van der Waals surface area contributed by atoms with E-state index < -0.39 is 0 Å². The molecule has 0 saturated carbocycles. The highest BCUT2D eigenvalue weighted by atomic mass is 79.9. The second-order valence-corrected chi connectivity index (χ2v) is 7.98. The van der Waals surface area contributed by atoms with E-state index in [1.54, 1.807) is 7.11 Å². The Morgan fingerprint density at radius 2 is 1.95 bits per heavy atom. The highest BCUT2D eigenvalue weighted by Gasteiger charge is 2.19. The summed E-state index contributed by atoms with van der Waals surface area (Å²) < 4.78 is 5.18. The lowest BCUT2D eigenvalue weighted by molar-refractivity contribution is 0.296. The minimum Gasteiger partial charge on any atom is -0.495 e. The van der Waals surface area contributed by atoms with Gasteiger partial charge in [-0.15, -0.1) is 0 Å². The summed E-state index contributed by atoms with van der Waals surface area (Å²) >= 11 is 9.95. The molecule has 108 valence electrons. The number of ether oxygens (including phenoxy) is 1. The highest BCUT2D eigenvalue weighted by molar-refractivity contribution is 9.09. The first-order chi connectivity index (χ1) is 8.73. The van der Waals surface area contributed by atoms with E-state index in [1.165, 1.54) is 12.0 Å². The molecule has 2 unspecified atom stereocenters. The van der Waals surface area contributed by atoms with Crippen molar-refractivity contribution in [2.45, 2.75) is 45.4 Å². The van der Waals surface area contributed by atoms with Crippen LogP contribution in [0.1, 0.15) is 50.9 Å². The molecule has 0 aliphatic heterocycles. The molecule has 2 atom stereocenters. The number of hydrogen-bond donors (Lipinski definition) is 0. The lowest BCUT2D eigenvalue weighted by Gasteiger charge is -2.25. The van der Waals surface area contributed by atoms with Gasteiger partial charge in [-0.3, -0.25) is 0 Å². The van der Waals surface area contributed by atoms with E-state index >= 15 is 0 Å². The Bertz CT molecular complexity index is 412. The number of halogens is 2. The fraction of sp³-hybridized carbons (Fsp3) is 0.625. The van der Waals surface area contributed by atoms with Gasteiger partial charge in [0.1, 0.15) is 5.75 Å². The Morgan fingerprint density at radius 1 is 1.32 bits per heavy atom. The molecule has 0 amide bonds. The van der Waals surface area contributed by atoms with Gasteiger partial charge in [0.2, 0.25) is 0 Å². The maximum Gasteiger partial charge on any atom is 0.137 e. The van der Waals surface area contributed by atoms with Crippen LogP contribution in [0.5, 0.6) is 5.75 Å². The third-order valence-electron chi connectivity index (χ3n) is 3.11. The first-order valence-corrected chi connectivity index (χ1v) is 8.00. The van der Waals surface area contributed by atoms with Crippen LogP contribution < -0.4 is 4.74 Å². The van der Waals surface area contributed by atoms with Gasteiger partial charge in [-0.05, 0) is 41.9 Å². The predicted octanol–water partition coefficient (Wildman–Crippen LogP) is 6.25. The predicted molar refractivity (Wildman–Crippen MR) is 87.5 cm³/mol. The van der Waals surface area contributed by atoms with E-state index in [1.807, 2.05) is 12.1 Å². The van der Waals surface area contributed by atoms with Crippen molar-refractivity contribution in [3.63, 3.8) is 0 Å². The van der Waals surface area contributed by atoms with Crippen molar-refractivity contribution in [1.29, 1.82) is 0 Å². The minimum absolute atomic E-state index is 0.341. The molecule has 0 saturated heterocycles. The van der Waals surface area contributed by atoms with Crippen molar-refractivity contribution < 1.29 is 4.74 Å². The van der Waals surface area contributed by atoms with E-state index in [4.69, 9.17) is 16.3 Å². The third kappa shape index (κ3) is 5.74. The molecule has 0 bridgehead atoms. The van der Waals surface area contributed by atoms with Crippen molar-refractivity contribution in [3.8, 4) is 5.75 Å². The first-order valence-electron chi connectivity index (χ1n) is 6.70. The SMILES string of the molecule is COc1ccc(C(Br)CC(C)CC(C)(C)C)cc1Cl. The van der Waals surface area contributed by atoms with Crippen LogP contribution >= 0.6 is 27.5 Å². The molecule has 0 heterocycles. The van der Waals surface area contributed by atoms with Crippen LogP contribution in [0.15, 0.2) is 18.2 Å². The van der Waals surface area contributed by atoms with E-state index in [2.05, 4.69) is 49.7 Å². The second-order valence-electron chi connectivity index (χ2n) is 6.47. The molecule has 1 aromatic rings. The maximum atomic E-state index is 6.17. The van der Waals surface area contributed by atoms with Crippen molar-refractivity contribution >= 4 is 27.5 Å². The Hall–Kier alpha value is -0.210. The monoisotopic (exact) mass is 346 g/mol. The van der Waals surface area contributed by atoms with Gasteiger partial charge in [0.25, 0.3) is 0 Å². The van der Waals surface area contributed by atoms with Crippen LogP contribution in [0.2, 0.25) is 5.02 Å². The summed E-state index contributed by atoms with van der Waals surface area (Å²) in [6, 6.07) is 6.00. The van der Waals surface area contributed by atoms with Gasteiger partial charge in [0, 0.05) is 4.83 Å². The molecule has 0 radical (unpaired) electrons. The van der Waals surface area contributed by atoms with Gasteiger partial charge >= 0.3 is 0 Å². The van der Waals surface area contributed by atoms with Gasteiger partial charge in [0.05, 0.1) is 12.1 Å². The zero-order chi connectivity index (χ0) is 14.6. The summed E-state index contributed by atoms with van der Waals surface area (Å²) in [7, 11) is 1.64. The topological polar surface area (TPSA) is 9.23 Å². The largest absolute Gasteiger partial charge is 0.495 e. The van der Waals surface area contributed by atoms with Crippen LogP contribution in [0.4, 0.5) is 0 Å². The van der Waals surface area contributed by atoms with Crippen LogP contribution in [-0.4, -0.2) is 7.11 Å². The molecular formula is C16H24BrClO. The molecule has 0 spiro atoms. The standard InChI is InChI=1S/C16H24BrClO/c1-11(10-16(2,3)4)8-13(17)12-6-7-15(19-5)14(18)9-12/h6-7,9,11,13H,8,10H2,1-5H3. The fourth-order valence-electron chi connectivity index (χ4n) is 2.50. The Kier molecular flexibility index (Phi) is 6.19. The van der Waals surface area contributed by atoms with Gasteiger partial charge in [0.15, 0.2) is 0 Å². The number of hydrogen-bond acceptors (Lipinski definition) is 1. The normalized spacial score (nSPS) is 15.1. The molecule has 3 heteroatoms. The molecule has 0 aromatic heterocycles. The Balaban J connectivity index is 2.68. The summed E-state index contributed by atoms with van der Waals surface area (Å²) in [5.74, 6) is 1.40. The Morgan fingerprint density at radius 3 is 2.42 bits per heavy atom. The van der Waals surface area contributed by atoms with Crippen molar-refractivity contribution in [2.75, 3.05) is 7.11 Å². The summed E-state index contributed by atoms with van der Waals surface area (Å²) in [6.45, 7) is 9.18. The zero-order valence-corrected chi connectivity index (χ0v) is 14.8. The van der Waals surface area contributed by atoms with Crippen molar-refractivity contribution in [3.05, 3.63) is 28.8 Å². The molecule has 1 aromatic carbocycles. The first kappa shape index (κ1) is 16.8. The minimum atomic E-state index is 0.341. The van der Waals surface area contributed by atoms with Crippen LogP contribution in [0.3, 0.4) is 0 Å². The van der Waals surface area contributed by atoms with Crippen LogP contribution in [0, 0.1) is 11.3 Å². The lowest BCUT2D eigenvalue weighted by Crippen LogP contribution is -2.12. The molecule has 0 aliphatic carbocycles. The Labute approximate surface area is 130 Å². The van der Waals surface area contributed by atoms with E-state index in [0.717, 1.165) is 12.2 Å². The van der Waals surface area contributed by atoms with E-state index in [9.17, 15) is 0 Å². The van der Waals surface area contributed by atoms with Gasteiger partial charge < -0.3 is 4.74 Å². The summed E-state index contributed by atoms with van der Waals surface area (Å²) in [5.41, 5.74) is 1.59. The molecule has 1 nitrogen and oxygen atoms in total. The number of alkyl halides is 1. The quantitative estimate of drug-likeness (QED) is 0.572. The van der Waals surface area contributed by atoms with Crippen LogP contribution in [0.25, 0.3) is 0 Å². The smallest absolute Gasteiger partial charge is 0.137 e. The van der Waals surface area contributed by atoms with Gasteiger partial charge in [-0.2, -0.15) is 0 Å². The van der Waals surface area contributed by atoms with Crippen molar-refractivity contribution in [1.82, 2.24) is 0 Å². The summed E-state index contributed by atoms with van der Waals surface area (Å²) in [5, 5.41) is 0.674. The highest BCUT2D eigenvalue weighted by Crippen LogP contribution is 2.37. The summed E-state index contributed by atoms with van der Waals surface area (Å²) in [6.07, 6.45) is 2.33. The fourth-order valence-corrected chi connectivity index (χ4v) is 3.68.